The van der Waals surface area contributed by atoms with E-state index in [2.05, 4.69) is 0 Å². The zero-order valence-electron chi connectivity index (χ0n) is 10.6. The van der Waals surface area contributed by atoms with Gasteiger partial charge in [0.05, 0.1) is 10.0 Å². The molecule has 3 rings (SSSR count). The third-order valence-corrected chi connectivity index (χ3v) is 3.79. The summed E-state index contributed by atoms with van der Waals surface area (Å²) < 4.78 is 6.89. The van der Waals surface area contributed by atoms with E-state index in [0.717, 1.165) is 5.56 Å². The van der Waals surface area contributed by atoms with Crippen LogP contribution in [0.3, 0.4) is 0 Å². The number of furan rings is 1. The number of nitrogens with zero attached hydrogens (tertiary/aromatic N) is 1. The van der Waals surface area contributed by atoms with Gasteiger partial charge in [-0.05, 0) is 29.8 Å². The highest BCUT2D eigenvalue weighted by molar-refractivity contribution is 6.42. The van der Waals surface area contributed by atoms with E-state index in [-0.39, 0.29) is 5.76 Å². The molecule has 21 heavy (non-hydrogen) atoms. The maximum Gasteiger partial charge on any atom is 0.374 e. The smallest absolute Gasteiger partial charge is 0.374 e. The Labute approximate surface area is 130 Å². The molecule has 4 nitrogen and oxygen atoms in total. The molecule has 2 heterocycles. The summed E-state index contributed by atoms with van der Waals surface area (Å²) in [7, 11) is 0. The first kappa shape index (κ1) is 13.8. The summed E-state index contributed by atoms with van der Waals surface area (Å²) in [5, 5.41) is 10.1. The zero-order chi connectivity index (χ0) is 15.0. The second-order valence-electron chi connectivity index (χ2n) is 4.35. The summed E-state index contributed by atoms with van der Waals surface area (Å²) in [6.07, 6.45) is 4.90. The molecule has 0 unspecified atom stereocenters. The van der Waals surface area contributed by atoms with E-state index in [1.54, 1.807) is 47.3 Å². The Bertz CT molecular complexity index is 806. The topological polar surface area (TPSA) is 55.4 Å². The molecule has 0 aliphatic heterocycles. The van der Waals surface area contributed by atoms with E-state index in [1.165, 1.54) is 6.26 Å². The van der Waals surface area contributed by atoms with Crippen molar-refractivity contribution in [2.75, 3.05) is 0 Å². The minimum absolute atomic E-state index is 0.132. The molecule has 0 amide bonds. The van der Waals surface area contributed by atoms with Gasteiger partial charge in [-0.25, -0.2) is 4.79 Å². The first-order valence-corrected chi connectivity index (χ1v) is 6.77. The van der Waals surface area contributed by atoms with Crippen molar-refractivity contribution < 1.29 is 14.3 Å². The summed E-state index contributed by atoms with van der Waals surface area (Å²) in [6.45, 7) is 0. The molecular weight excluding hydrogens is 313 g/mol. The Morgan fingerprint density at radius 2 is 1.86 bits per heavy atom. The van der Waals surface area contributed by atoms with E-state index in [0.29, 0.717) is 21.3 Å². The fourth-order valence-corrected chi connectivity index (χ4v) is 2.41. The van der Waals surface area contributed by atoms with Crippen LogP contribution in [0, 0.1) is 0 Å². The molecule has 0 bridgehead atoms. The number of rotatable bonds is 3. The van der Waals surface area contributed by atoms with Gasteiger partial charge in [0.2, 0.25) is 5.76 Å². The highest BCUT2D eigenvalue weighted by Crippen LogP contribution is 2.35. The Kier molecular flexibility index (Phi) is 3.49. The highest BCUT2D eigenvalue weighted by Gasteiger charge is 2.22. The van der Waals surface area contributed by atoms with Gasteiger partial charge in [-0.3, -0.25) is 0 Å². The number of hydrogen-bond acceptors (Lipinski definition) is 2. The number of benzene rings is 1. The Morgan fingerprint density at radius 1 is 1.14 bits per heavy atom. The van der Waals surface area contributed by atoms with Crippen molar-refractivity contribution in [2.24, 2.45) is 0 Å². The highest BCUT2D eigenvalue weighted by atomic mass is 35.5. The largest absolute Gasteiger partial charge is 0.475 e. The molecule has 0 atom stereocenters. The summed E-state index contributed by atoms with van der Waals surface area (Å²) in [6, 6.07) is 8.70. The van der Waals surface area contributed by atoms with Crippen LogP contribution in [0.15, 0.2) is 53.4 Å². The molecule has 2 aromatic heterocycles. The Hall–Kier alpha value is -2.17. The fraction of sp³-hybridized carbons (Fsp3) is 0. The number of carboxylic acid groups (broad SMARTS) is 1. The third kappa shape index (κ3) is 2.44. The lowest BCUT2D eigenvalue weighted by Crippen LogP contribution is -2.01. The normalized spacial score (nSPS) is 10.8. The van der Waals surface area contributed by atoms with Crippen molar-refractivity contribution in [3.05, 3.63) is 64.8 Å². The van der Waals surface area contributed by atoms with Crippen LogP contribution in [0.1, 0.15) is 10.6 Å². The van der Waals surface area contributed by atoms with Crippen LogP contribution in [-0.4, -0.2) is 15.6 Å². The molecule has 0 spiro atoms. The summed E-state index contributed by atoms with van der Waals surface area (Å²) in [5.41, 5.74) is 1.80. The molecule has 0 fully saturated rings. The lowest BCUT2D eigenvalue weighted by Gasteiger charge is -2.06. The van der Waals surface area contributed by atoms with Crippen molar-refractivity contribution in [1.29, 1.82) is 0 Å². The van der Waals surface area contributed by atoms with Crippen LogP contribution in [0.25, 0.3) is 16.8 Å². The number of carboxylic acids is 1. The molecule has 1 aromatic carbocycles. The maximum absolute atomic E-state index is 11.3. The van der Waals surface area contributed by atoms with E-state index in [4.69, 9.17) is 27.6 Å². The van der Waals surface area contributed by atoms with E-state index < -0.39 is 5.97 Å². The SMILES string of the molecule is O=C(O)c1occ(-c2ccc(Cl)c(Cl)c2)c1-n1cccc1. The van der Waals surface area contributed by atoms with Gasteiger partial charge in [-0.2, -0.15) is 0 Å². The van der Waals surface area contributed by atoms with Crippen LogP contribution in [0.4, 0.5) is 0 Å². The molecule has 0 saturated heterocycles. The zero-order valence-corrected chi connectivity index (χ0v) is 12.1. The Morgan fingerprint density at radius 3 is 2.48 bits per heavy atom. The monoisotopic (exact) mass is 321 g/mol. The van der Waals surface area contributed by atoms with Crippen LogP contribution >= 0.6 is 23.2 Å². The van der Waals surface area contributed by atoms with Crippen LogP contribution in [0.5, 0.6) is 0 Å². The van der Waals surface area contributed by atoms with Crippen LogP contribution < -0.4 is 0 Å². The molecule has 106 valence electrons. The third-order valence-electron chi connectivity index (χ3n) is 3.05. The molecule has 0 radical (unpaired) electrons. The molecular formula is C15H9Cl2NO3. The van der Waals surface area contributed by atoms with Crippen molar-refractivity contribution in [3.8, 4) is 16.8 Å². The van der Waals surface area contributed by atoms with E-state index in [9.17, 15) is 9.90 Å². The van der Waals surface area contributed by atoms with Crippen molar-refractivity contribution >= 4 is 29.2 Å². The first-order chi connectivity index (χ1) is 10.1. The van der Waals surface area contributed by atoms with Gasteiger partial charge in [-0.1, -0.05) is 29.3 Å². The van der Waals surface area contributed by atoms with Gasteiger partial charge >= 0.3 is 5.97 Å². The number of halogens is 2. The van der Waals surface area contributed by atoms with Gasteiger partial charge in [0.15, 0.2) is 0 Å². The lowest BCUT2D eigenvalue weighted by atomic mass is 10.1. The molecule has 0 aliphatic carbocycles. The number of aromatic carboxylic acids is 1. The number of hydrogen-bond donors (Lipinski definition) is 1. The van der Waals surface area contributed by atoms with Gasteiger partial charge in [0.1, 0.15) is 12.0 Å². The predicted molar refractivity (Wildman–Crippen MR) is 80.5 cm³/mol. The average molecular weight is 322 g/mol. The fourth-order valence-electron chi connectivity index (χ4n) is 2.11. The Balaban J connectivity index is 2.23. The van der Waals surface area contributed by atoms with Crippen molar-refractivity contribution in [2.45, 2.75) is 0 Å². The minimum Gasteiger partial charge on any atom is -0.475 e. The van der Waals surface area contributed by atoms with Gasteiger partial charge in [-0.15, -0.1) is 0 Å². The quantitative estimate of drug-likeness (QED) is 0.757. The van der Waals surface area contributed by atoms with E-state index in [1.807, 2.05) is 0 Å². The number of carbonyl (C=O) groups is 1. The van der Waals surface area contributed by atoms with Crippen molar-refractivity contribution in [3.63, 3.8) is 0 Å². The summed E-state index contributed by atoms with van der Waals surface area (Å²) in [5.74, 6) is -1.27. The minimum atomic E-state index is -1.13. The number of aromatic nitrogens is 1. The van der Waals surface area contributed by atoms with Gasteiger partial charge in [0, 0.05) is 18.0 Å². The predicted octanol–water partition coefficient (Wildman–Crippen LogP) is 4.74. The van der Waals surface area contributed by atoms with E-state index >= 15 is 0 Å². The standard InChI is InChI=1S/C15H9Cl2NO3/c16-11-4-3-9(7-12(11)17)10-8-21-14(15(19)20)13(10)18-5-1-2-6-18/h1-8H,(H,19,20). The molecule has 0 aliphatic rings. The molecule has 3 aromatic rings. The van der Waals surface area contributed by atoms with Gasteiger partial charge < -0.3 is 14.1 Å². The van der Waals surface area contributed by atoms with Gasteiger partial charge in [0.25, 0.3) is 0 Å². The second-order valence-corrected chi connectivity index (χ2v) is 5.17. The van der Waals surface area contributed by atoms with Crippen molar-refractivity contribution in [1.82, 2.24) is 4.57 Å². The molecule has 0 saturated carbocycles. The average Bonchev–Trinajstić information content (AvgIpc) is 3.09. The second kappa shape index (κ2) is 5.31. The molecule has 6 heteroatoms. The lowest BCUT2D eigenvalue weighted by molar-refractivity contribution is 0.0662. The first-order valence-electron chi connectivity index (χ1n) is 6.01. The molecule has 1 N–H and O–H groups in total. The summed E-state index contributed by atoms with van der Waals surface area (Å²) in [4.78, 5) is 11.3. The maximum atomic E-state index is 11.3. The van der Waals surface area contributed by atoms with Crippen LogP contribution in [-0.2, 0) is 0 Å². The van der Waals surface area contributed by atoms with Crippen LogP contribution in [0.2, 0.25) is 10.0 Å². The summed E-state index contributed by atoms with van der Waals surface area (Å²) >= 11 is 11.9.